The van der Waals surface area contributed by atoms with Crippen molar-refractivity contribution in [2.24, 2.45) is 0 Å². The van der Waals surface area contributed by atoms with Crippen LogP contribution in [-0.2, 0) is 14.3 Å². The van der Waals surface area contributed by atoms with Crippen molar-refractivity contribution in [3.63, 3.8) is 0 Å². The monoisotopic (exact) mass is 986 g/mol. The highest BCUT2D eigenvalue weighted by Gasteiger charge is 2.18. The van der Waals surface area contributed by atoms with Gasteiger partial charge in [-0.3, -0.25) is 9.59 Å². The van der Waals surface area contributed by atoms with Crippen LogP contribution in [0.15, 0.2) is 24.3 Å². The Kier molecular flexibility index (Phi) is 58.5. The maximum atomic E-state index is 12.5. The van der Waals surface area contributed by atoms with Crippen molar-refractivity contribution in [2.75, 3.05) is 13.2 Å². The normalized spacial score (nSPS) is 12.7. The summed E-state index contributed by atoms with van der Waals surface area (Å²) in [7, 11) is 0. The van der Waals surface area contributed by atoms with Gasteiger partial charge in [-0.1, -0.05) is 301 Å². The molecule has 0 rings (SSSR count). The van der Waals surface area contributed by atoms with Crippen LogP contribution in [0.3, 0.4) is 0 Å². The van der Waals surface area contributed by atoms with Crippen molar-refractivity contribution in [1.29, 1.82) is 0 Å². The average Bonchev–Trinajstić information content (AvgIpc) is 3.36. The molecule has 0 fully saturated rings. The molecule has 0 heterocycles. The quantitative estimate of drug-likeness (QED) is 0.0321. The minimum Gasteiger partial charge on any atom is -0.466 e. The van der Waals surface area contributed by atoms with Gasteiger partial charge in [0.05, 0.1) is 25.4 Å². The molecule has 0 saturated heterocycles. The predicted octanol–water partition coefficient (Wildman–Crippen LogP) is 19.8. The maximum Gasteiger partial charge on any atom is 0.305 e. The lowest BCUT2D eigenvalue weighted by molar-refractivity contribution is -0.143. The number of ether oxygens (including phenoxy) is 1. The second-order valence-electron chi connectivity index (χ2n) is 21.7. The summed E-state index contributed by atoms with van der Waals surface area (Å²) in [5, 5.41) is 23.1. The molecule has 0 bridgehead atoms. The predicted molar refractivity (Wildman–Crippen MR) is 306 cm³/mol. The van der Waals surface area contributed by atoms with Gasteiger partial charge in [0, 0.05) is 12.8 Å². The van der Waals surface area contributed by atoms with Gasteiger partial charge in [0.25, 0.3) is 0 Å². The van der Waals surface area contributed by atoms with Gasteiger partial charge in [0.2, 0.25) is 5.91 Å². The van der Waals surface area contributed by atoms with Gasteiger partial charge < -0.3 is 20.3 Å². The fourth-order valence-corrected chi connectivity index (χ4v) is 9.87. The molecular formula is C64H123NO5. The van der Waals surface area contributed by atoms with Crippen LogP contribution in [0, 0.1) is 0 Å². The first-order chi connectivity index (χ1) is 34.5. The summed E-state index contributed by atoms with van der Waals surface area (Å²) < 4.78 is 5.48. The molecule has 0 aliphatic carbocycles. The highest BCUT2D eigenvalue weighted by atomic mass is 16.5. The van der Waals surface area contributed by atoms with E-state index in [4.69, 9.17) is 4.74 Å². The van der Waals surface area contributed by atoms with Gasteiger partial charge >= 0.3 is 5.97 Å². The number of carbonyl (C=O) groups excluding carboxylic acids is 2. The third-order valence-electron chi connectivity index (χ3n) is 14.7. The Morgan fingerprint density at radius 2 is 0.671 bits per heavy atom. The Balaban J connectivity index is 3.38. The summed E-state index contributed by atoms with van der Waals surface area (Å²) >= 11 is 0. The number of nitrogens with one attached hydrogen (secondary N) is 1. The van der Waals surface area contributed by atoms with Crippen molar-refractivity contribution in [3.05, 3.63) is 24.3 Å². The first-order valence-electron chi connectivity index (χ1n) is 31.6. The van der Waals surface area contributed by atoms with E-state index in [0.717, 1.165) is 44.9 Å². The molecule has 70 heavy (non-hydrogen) atoms. The molecule has 0 aliphatic heterocycles. The third-order valence-corrected chi connectivity index (χ3v) is 14.7. The molecule has 0 aromatic heterocycles. The molecule has 1 amide bonds. The number of amides is 1. The molecule has 0 aliphatic rings. The first kappa shape index (κ1) is 68.3. The summed E-state index contributed by atoms with van der Waals surface area (Å²) in [6.45, 7) is 4.91. The molecule has 2 atom stereocenters. The topological polar surface area (TPSA) is 95.9 Å². The number of allylic oxidation sites excluding steroid dienone is 3. The number of unbranched alkanes of at least 4 members (excludes halogenated alkanes) is 46. The molecule has 0 aromatic carbocycles. The zero-order valence-corrected chi connectivity index (χ0v) is 47.3. The van der Waals surface area contributed by atoms with Crippen LogP contribution in [0.5, 0.6) is 0 Å². The number of hydrogen-bond donors (Lipinski definition) is 3. The van der Waals surface area contributed by atoms with Crippen LogP contribution in [0.1, 0.15) is 348 Å². The fourth-order valence-electron chi connectivity index (χ4n) is 9.87. The number of hydrogen-bond acceptors (Lipinski definition) is 5. The van der Waals surface area contributed by atoms with Gasteiger partial charge in [-0.15, -0.1) is 0 Å². The fraction of sp³-hybridized carbons (Fsp3) is 0.906. The summed E-state index contributed by atoms with van der Waals surface area (Å²) in [6, 6.07) is -0.626. The lowest BCUT2D eigenvalue weighted by Gasteiger charge is -2.20. The Morgan fingerprint density at radius 3 is 1.01 bits per heavy atom. The zero-order valence-electron chi connectivity index (χ0n) is 47.3. The Bertz CT molecular complexity index is 1090. The van der Waals surface area contributed by atoms with Crippen LogP contribution < -0.4 is 5.32 Å². The minimum atomic E-state index is -0.843. The number of carbonyl (C=O) groups is 2. The van der Waals surface area contributed by atoms with E-state index >= 15 is 0 Å². The van der Waals surface area contributed by atoms with E-state index in [2.05, 4.69) is 31.3 Å². The molecule has 0 radical (unpaired) electrons. The summed E-state index contributed by atoms with van der Waals surface area (Å²) in [5.74, 6) is -0.0583. The van der Waals surface area contributed by atoms with Crippen LogP contribution in [0.25, 0.3) is 0 Å². The van der Waals surface area contributed by atoms with E-state index in [1.54, 1.807) is 6.08 Å². The molecular weight excluding hydrogens is 863 g/mol. The molecule has 2 unspecified atom stereocenters. The second-order valence-corrected chi connectivity index (χ2v) is 21.7. The Morgan fingerprint density at radius 1 is 0.386 bits per heavy atom. The zero-order chi connectivity index (χ0) is 50.7. The molecule has 3 N–H and O–H groups in total. The summed E-state index contributed by atoms with van der Waals surface area (Å²) in [4.78, 5) is 24.5. The average molecular weight is 987 g/mol. The van der Waals surface area contributed by atoms with Gasteiger partial charge in [-0.25, -0.2) is 0 Å². The smallest absolute Gasteiger partial charge is 0.305 e. The molecule has 6 nitrogen and oxygen atoms in total. The van der Waals surface area contributed by atoms with E-state index in [0.29, 0.717) is 19.4 Å². The lowest BCUT2D eigenvalue weighted by Crippen LogP contribution is -2.45. The lowest BCUT2D eigenvalue weighted by atomic mass is 10.0. The van der Waals surface area contributed by atoms with E-state index in [-0.39, 0.29) is 18.5 Å². The van der Waals surface area contributed by atoms with Crippen LogP contribution in [0.2, 0.25) is 0 Å². The van der Waals surface area contributed by atoms with Crippen molar-refractivity contribution >= 4 is 11.9 Å². The SMILES string of the molecule is CCCCCCC/C=C\CCCCCCCC(=O)OCCCCCCCCCCCCCCCCCCCCCCCCCCC(=O)NC(CO)C(O)/C=C/CCCCCCCCCCCCCCC. The molecule has 414 valence electrons. The number of aliphatic hydroxyl groups is 2. The highest BCUT2D eigenvalue weighted by Crippen LogP contribution is 2.18. The number of rotatable bonds is 59. The standard InChI is InChI=1S/C64H123NO5/c1-3-5-7-9-11-13-15-17-29-32-36-40-44-48-52-56-62(67)61(60-66)65-63(68)57-53-49-45-41-37-33-30-27-25-23-21-19-20-22-24-26-28-31-35-39-43-47-51-55-59-70-64(69)58-54-50-46-42-38-34-18-16-14-12-10-8-6-4-2/h16,18,52,56,61-62,66-67H,3-15,17,19-51,53-55,57-60H2,1-2H3,(H,65,68)/b18-16-,56-52+. The number of esters is 1. The van der Waals surface area contributed by atoms with E-state index in [1.807, 2.05) is 6.08 Å². The van der Waals surface area contributed by atoms with Gasteiger partial charge in [0.1, 0.15) is 0 Å². The Labute approximate surface area is 437 Å². The van der Waals surface area contributed by atoms with Gasteiger partial charge in [-0.2, -0.15) is 0 Å². The van der Waals surface area contributed by atoms with Crippen LogP contribution in [-0.4, -0.2) is 47.4 Å². The third kappa shape index (κ3) is 55.7. The summed E-state index contributed by atoms with van der Waals surface area (Å²) in [6.07, 6.45) is 73.6. The van der Waals surface area contributed by atoms with Gasteiger partial charge in [-0.05, 0) is 57.8 Å². The molecule has 6 heteroatoms. The molecule has 0 aromatic rings. The van der Waals surface area contributed by atoms with E-state index < -0.39 is 12.1 Å². The van der Waals surface area contributed by atoms with Crippen molar-refractivity contribution in [3.8, 4) is 0 Å². The maximum absolute atomic E-state index is 12.5. The van der Waals surface area contributed by atoms with Crippen molar-refractivity contribution < 1.29 is 24.5 Å². The van der Waals surface area contributed by atoms with E-state index in [9.17, 15) is 19.8 Å². The molecule has 0 saturated carbocycles. The number of aliphatic hydroxyl groups excluding tert-OH is 2. The second kappa shape index (κ2) is 59.9. The van der Waals surface area contributed by atoms with Crippen LogP contribution in [0.4, 0.5) is 0 Å². The highest BCUT2D eigenvalue weighted by molar-refractivity contribution is 5.76. The first-order valence-corrected chi connectivity index (χ1v) is 31.6. The van der Waals surface area contributed by atoms with E-state index in [1.165, 1.54) is 276 Å². The molecule has 0 spiro atoms. The Hall–Kier alpha value is -1.66. The van der Waals surface area contributed by atoms with Crippen molar-refractivity contribution in [1.82, 2.24) is 5.32 Å². The summed E-state index contributed by atoms with van der Waals surface area (Å²) in [5.41, 5.74) is 0. The largest absolute Gasteiger partial charge is 0.466 e. The van der Waals surface area contributed by atoms with Gasteiger partial charge in [0.15, 0.2) is 0 Å². The van der Waals surface area contributed by atoms with Crippen molar-refractivity contribution in [2.45, 2.75) is 360 Å². The van der Waals surface area contributed by atoms with Crippen LogP contribution >= 0.6 is 0 Å². The minimum absolute atomic E-state index is 0.00673.